The highest BCUT2D eigenvalue weighted by Gasteiger charge is 2.08. The summed E-state index contributed by atoms with van der Waals surface area (Å²) in [4.78, 5) is 4.56. The Balaban J connectivity index is 1.61. The summed E-state index contributed by atoms with van der Waals surface area (Å²) in [7, 11) is -3.89. The first kappa shape index (κ1) is 26.0. The Kier molecular flexibility index (Phi) is 9.78. The van der Waals surface area contributed by atoms with E-state index in [1.165, 1.54) is 47.7 Å². The minimum absolute atomic E-state index is 0.202. The number of nitrogens with zero attached hydrogens (tertiary/aromatic N) is 2. The summed E-state index contributed by atoms with van der Waals surface area (Å²) < 4.78 is 30.5. The van der Waals surface area contributed by atoms with Crippen LogP contribution in [0.5, 0.6) is 0 Å². The molecule has 6 heteroatoms. The van der Waals surface area contributed by atoms with E-state index in [-0.39, 0.29) is 5.75 Å². The molecule has 0 unspecified atom stereocenters. The molecule has 0 fully saturated rings. The van der Waals surface area contributed by atoms with E-state index < -0.39 is 10.1 Å². The van der Waals surface area contributed by atoms with Crippen LogP contribution in [0.1, 0.15) is 51.5 Å². The summed E-state index contributed by atoms with van der Waals surface area (Å²) in [5.41, 5.74) is 3.61. The molecule has 1 aliphatic heterocycles. The minimum atomic E-state index is -3.89. The molecule has 0 amide bonds. The summed E-state index contributed by atoms with van der Waals surface area (Å²) in [5.74, 6) is -0.202. The van der Waals surface area contributed by atoms with Gasteiger partial charge < -0.3 is 9.80 Å². The van der Waals surface area contributed by atoms with E-state index >= 15 is 0 Å². The van der Waals surface area contributed by atoms with Crippen LogP contribution >= 0.6 is 0 Å². The molecule has 0 radical (unpaired) electrons. The third-order valence-electron chi connectivity index (χ3n) is 6.13. The molecule has 3 rings (SSSR count). The minimum Gasteiger partial charge on any atom is -0.374 e. The van der Waals surface area contributed by atoms with Crippen molar-refractivity contribution in [2.75, 3.05) is 36.8 Å². The van der Waals surface area contributed by atoms with Gasteiger partial charge in [0.2, 0.25) is 0 Å². The van der Waals surface area contributed by atoms with E-state index in [1.807, 2.05) is 17.2 Å². The molecule has 2 aromatic carbocycles. The van der Waals surface area contributed by atoms with Gasteiger partial charge in [-0.2, -0.15) is 8.42 Å². The van der Waals surface area contributed by atoms with Gasteiger partial charge in [-0.15, -0.1) is 0 Å². The summed E-state index contributed by atoms with van der Waals surface area (Å²) in [6.45, 7) is 8.05. The first-order valence-corrected chi connectivity index (χ1v) is 14.0. The van der Waals surface area contributed by atoms with Gasteiger partial charge in [-0.3, -0.25) is 4.55 Å². The Bertz CT molecular complexity index is 1130. The monoisotopic (exact) mass is 482 g/mol. The third kappa shape index (κ3) is 8.33. The lowest BCUT2D eigenvalue weighted by atomic mass is 10.0. The molecule has 5 nitrogen and oxygen atoms in total. The predicted molar refractivity (Wildman–Crippen MR) is 145 cm³/mol. The Hall–Kier alpha value is -2.57. The SMILES string of the molecule is CCCCN(CCCC)c1ccc2cc(C=CC3=CCN(CCCS(=O)(=O)O)C=C3)ccc2c1. The first-order chi connectivity index (χ1) is 16.4. The van der Waals surface area contributed by atoms with Gasteiger partial charge in [0, 0.05) is 31.9 Å². The maximum absolute atomic E-state index is 10.8. The normalized spacial score (nSPS) is 14.2. The number of unbranched alkanes of at least 4 members (excludes halogenated alkanes) is 2. The molecule has 34 heavy (non-hydrogen) atoms. The molecule has 1 aliphatic rings. The maximum Gasteiger partial charge on any atom is 0.264 e. The van der Waals surface area contributed by atoms with Crippen molar-refractivity contribution in [2.24, 2.45) is 0 Å². The zero-order valence-electron chi connectivity index (χ0n) is 20.5. The smallest absolute Gasteiger partial charge is 0.264 e. The van der Waals surface area contributed by atoms with Crippen LogP contribution in [0.4, 0.5) is 5.69 Å². The number of fused-ring (bicyclic) bond motifs is 1. The highest BCUT2D eigenvalue weighted by molar-refractivity contribution is 7.85. The van der Waals surface area contributed by atoms with Crippen molar-refractivity contribution in [2.45, 2.75) is 46.0 Å². The topological polar surface area (TPSA) is 60.9 Å². The van der Waals surface area contributed by atoms with Crippen LogP contribution in [-0.4, -0.2) is 49.8 Å². The Morgan fingerprint density at radius 1 is 0.971 bits per heavy atom. The quantitative estimate of drug-likeness (QED) is 0.340. The van der Waals surface area contributed by atoms with E-state index in [9.17, 15) is 8.42 Å². The standard InChI is InChI=1S/C28H38N2O3S/c1-3-5-17-30(18-6-4-2)28-13-12-26-22-25(10-11-27(26)23-28)9-8-24-14-19-29(20-15-24)16-7-21-34(31,32)33/h8-15,19,22-23H,3-7,16-18,20-21H2,1-2H3,(H,31,32,33). The van der Waals surface area contributed by atoms with Crippen molar-refractivity contribution in [3.63, 3.8) is 0 Å². The molecular formula is C28H38N2O3S. The molecule has 0 saturated carbocycles. The highest BCUT2D eigenvalue weighted by atomic mass is 32.2. The lowest BCUT2D eigenvalue weighted by molar-refractivity contribution is 0.405. The second-order valence-electron chi connectivity index (χ2n) is 8.97. The van der Waals surface area contributed by atoms with Crippen LogP contribution in [0, 0.1) is 0 Å². The van der Waals surface area contributed by atoms with Gasteiger partial charge >= 0.3 is 0 Å². The molecule has 0 bridgehead atoms. The van der Waals surface area contributed by atoms with Gasteiger partial charge in [0.1, 0.15) is 0 Å². The maximum atomic E-state index is 10.8. The molecule has 1 N–H and O–H groups in total. The molecule has 0 aromatic heterocycles. The van der Waals surface area contributed by atoms with Crippen LogP contribution in [-0.2, 0) is 10.1 Å². The van der Waals surface area contributed by atoms with Crippen LogP contribution in [0.2, 0.25) is 0 Å². The molecule has 0 aliphatic carbocycles. The van der Waals surface area contributed by atoms with E-state index in [2.05, 4.69) is 73.4 Å². The number of allylic oxidation sites excluding steroid dienone is 3. The molecule has 2 aromatic rings. The zero-order chi connectivity index (χ0) is 24.4. The van der Waals surface area contributed by atoms with Crippen molar-refractivity contribution in [3.05, 3.63) is 72.0 Å². The van der Waals surface area contributed by atoms with Crippen molar-refractivity contribution in [1.82, 2.24) is 4.90 Å². The fourth-order valence-electron chi connectivity index (χ4n) is 4.09. The molecule has 0 saturated heterocycles. The van der Waals surface area contributed by atoms with Crippen LogP contribution in [0.25, 0.3) is 16.8 Å². The van der Waals surface area contributed by atoms with Crippen molar-refractivity contribution >= 4 is 32.7 Å². The Morgan fingerprint density at radius 3 is 2.32 bits per heavy atom. The number of hydrogen-bond acceptors (Lipinski definition) is 4. The van der Waals surface area contributed by atoms with Gasteiger partial charge in [-0.25, -0.2) is 0 Å². The lowest BCUT2D eigenvalue weighted by Crippen LogP contribution is -2.25. The number of benzene rings is 2. The fraction of sp³-hybridized carbons (Fsp3) is 0.429. The third-order valence-corrected chi connectivity index (χ3v) is 6.94. The average Bonchev–Trinajstić information content (AvgIpc) is 2.82. The fourth-order valence-corrected chi connectivity index (χ4v) is 4.59. The molecule has 0 atom stereocenters. The Labute approximate surface area is 205 Å². The van der Waals surface area contributed by atoms with Crippen molar-refractivity contribution < 1.29 is 13.0 Å². The molecular weight excluding hydrogens is 444 g/mol. The van der Waals surface area contributed by atoms with E-state index in [0.717, 1.165) is 25.2 Å². The van der Waals surface area contributed by atoms with E-state index in [4.69, 9.17) is 4.55 Å². The van der Waals surface area contributed by atoms with Crippen LogP contribution < -0.4 is 4.90 Å². The predicted octanol–water partition coefficient (Wildman–Crippen LogP) is 6.29. The molecule has 1 heterocycles. The van der Waals surface area contributed by atoms with Crippen LogP contribution in [0.3, 0.4) is 0 Å². The second-order valence-corrected chi connectivity index (χ2v) is 10.5. The molecule has 0 spiro atoms. The highest BCUT2D eigenvalue weighted by Crippen LogP contribution is 2.25. The van der Waals surface area contributed by atoms with Crippen molar-refractivity contribution in [1.29, 1.82) is 0 Å². The van der Waals surface area contributed by atoms with Gasteiger partial charge in [0.25, 0.3) is 10.1 Å². The number of rotatable bonds is 13. The van der Waals surface area contributed by atoms with Crippen LogP contribution in [0.15, 0.2) is 66.4 Å². The summed E-state index contributed by atoms with van der Waals surface area (Å²) in [6, 6.07) is 13.4. The lowest BCUT2D eigenvalue weighted by Gasteiger charge is -2.25. The van der Waals surface area contributed by atoms with Gasteiger partial charge in [0.05, 0.1) is 5.75 Å². The van der Waals surface area contributed by atoms with E-state index in [0.29, 0.717) is 13.0 Å². The van der Waals surface area contributed by atoms with E-state index in [1.54, 1.807) is 0 Å². The zero-order valence-corrected chi connectivity index (χ0v) is 21.3. The number of anilines is 1. The number of hydrogen-bond donors (Lipinski definition) is 1. The average molecular weight is 483 g/mol. The first-order valence-electron chi connectivity index (χ1n) is 12.4. The Morgan fingerprint density at radius 2 is 1.68 bits per heavy atom. The summed E-state index contributed by atoms with van der Waals surface area (Å²) in [5, 5.41) is 2.51. The molecule has 184 valence electrons. The van der Waals surface area contributed by atoms with Crippen molar-refractivity contribution in [3.8, 4) is 0 Å². The van der Waals surface area contributed by atoms with Gasteiger partial charge in [-0.05, 0) is 71.6 Å². The largest absolute Gasteiger partial charge is 0.374 e. The summed E-state index contributed by atoms with van der Waals surface area (Å²) in [6.07, 6.45) is 15.7. The van der Waals surface area contributed by atoms with Gasteiger partial charge in [0.15, 0.2) is 0 Å². The second kappa shape index (κ2) is 12.8. The van der Waals surface area contributed by atoms with Gasteiger partial charge in [-0.1, -0.05) is 63.1 Å². The summed E-state index contributed by atoms with van der Waals surface area (Å²) >= 11 is 0.